The second kappa shape index (κ2) is 7.06. The number of benzene rings is 1. The molecule has 7 heteroatoms. The summed E-state index contributed by atoms with van der Waals surface area (Å²) in [7, 11) is 0. The Labute approximate surface area is 134 Å². The monoisotopic (exact) mass is 319 g/mol. The van der Waals surface area contributed by atoms with E-state index in [1.54, 1.807) is 12.1 Å². The van der Waals surface area contributed by atoms with Crippen LogP contribution in [-0.4, -0.2) is 48.1 Å². The van der Waals surface area contributed by atoms with E-state index in [1.165, 1.54) is 0 Å². The quantitative estimate of drug-likeness (QED) is 0.652. The molecule has 7 nitrogen and oxygen atoms in total. The lowest BCUT2D eigenvalue weighted by Crippen LogP contribution is -2.42. The van der Waals surface area contributed by atoms with Crippen molar-refractivity contribution in [2.75, 3.05) is 26.2 Å². The number of fused-ring (bicyclic) bond motifs is 1. The number of nitro benzene ring substituents is 1. The number of ether oxygens (including phenoxy) is 1. The fraction of sp³-hybridized carbons (Fsp3) is 0.562. The largest absolute Gasteiger partial charge is 0.376 e. The molecule has 1 N–H and O–H groups in total. The minimum absolute atomic E-state index is 0.0191. The summed E-state index contributed by atoms with van der Waals surface area (Å²) in [6.45, 7) is 3.02. The Morgan fingerprint density at radius 1 is 1.43 bits per heavy atom. The maximum absolute atomic E-state index is 12.0. The molecule has 1 aromatic rings. The van der Waals surface area contributed by atoms with Crippen molar-refractivity contribution in [3.63, 3.8) is 0 Å². The van der Waals surface area contributed by atoms with E-state index in [1.807, 2.05) is 11.0 Å². The van der Waals surface area contributed by atoms with Gasteiger partial charge in [0, 0.05) is 38.4 Å². The van der Waals surface area contributed by atoms with E-state index in [4.69, 9.17) is 4.74 Å². The maximum Gasteiger partial charge on any atom is 0.269 e. The molecule has 0 bridgehead atoms. The van der Waals surface area contributed by atoms with Crippen molar-refractivity contribution in [1.29, 1.82) is 0 Å². The van der Waals surface area contributed by atoms with Gasteiger partial charge in [0.05, 0.1) is 17.6 Å². The summed E-state index contributed by atoms with van der Waals surface area (Å²) < 4.78 is 5.48. The zero-order valence-corrected chi connectivity index (χ0v) is 13.0. The van der Waals surface area contributed by atoms with Gasteiger partial charge in [-0.3, -0.25) is 19.8 Å². The second-order valence-electron chi connectivity index (χ2n) is 6.11. The van der Waals surface area contributed by atoms with Gasteiger partial charge >= 0.3 is 0 Å². The molecule has 0 spiro atoms. The Bertz CT molecular complexity index is 599. The minimum Gasteiger partial charge on any atom is -0.376 e. The molecule has 3 rings (SSSR count). The van der Waals surface area contributed by atoms with Gasteiger partial charge in [-0.15, -0.1) is 0 Å². The van der Waals surface area contributed by atoms with Crippen LogP contribution in [0.4, 0.5) is 5.69 Å². The predicted molar refractivity (Wildman–Crippen MR) is 84.1 cm³/mol. The summed E-state index contributed by atoms with van der Waals surface area (Å²) >= 11 is 0. The summed E-state index contributed by atoms with van der Waals surface area (Å²) in [6, 6.07) is 4.98. The Kier molecular flexibility index (Phi) is 4.88. The highest BCUT2D eigenvalue weighted by molar-refractivity contribution is 5.78. The van der Waals surface area contributed by atoms with Crippen LogP contribution < -0.4 is 5.32 Å². The molecule has 2 heterocycles. The molecule has 1 aromatic carbocycles. The summed E-state index contributed by atoms with van der Waals surface area (Å²) in [5.41, 5.74) is 2.18. The molecule has 2 aliphatic rings. The van der Waals surface area contributed by atoms with Crippen LogP contribution in [0.1, 0.15) is 24.0 Å². The number of amides is 1. The van der Waals surface area contributed by atoms with Gasteiger partial charge in [-0.1, -0.05) is 6.07 Å². The highest BCUT2D eigenvalue weighted by Gasteiger charge is 2.21. The SMILES string of the molecule is O=C(CN1CCc2ccc([N+](=O)[O-])cc2C1)NCC1CCCO1. The molecular formula is C16H21N3O4. The van der Waals surface area contributed by atoms with Crippen molar-refractivity contribution < 1.29 is 14.5 Å². The number of hydrogen-bond donors (Lipinski definition) is 1. The van der Waals surface area contributed by atoms with Crippen molar-refractivity contribution >= 4 is 11.6 Å². The van der Waals surface area contributed by atoms with Crippen LogP contribution in [0.25, 0.3) is 0 Å². The van der Waals surface area contributed by atoms with Crippen LogP contribution in [0.15, 0.2) is 18.2 Å². The third kappa shape index (κ3) is 4.05. The summed E-state index contributed by atoms with van der Waals surface area (Å²) in [6.07, 6.45) is 3.01. The van der Waals surface area contributed by atoms with Crippen LogP contribution in [0.3, 0.4) is 0 Å². The average molecular weight is 319 g/mol. The van der Waals surface area contributed by atoms with Crippen molar-refractivity contribution in [2.24, 2.45) is 0 Å². The van der Waals surface area contributed by atoms with E-state index in [0.717, 1.165) is 43.5 Å². The Morgan fingerprint density at radius 2 is 2.30 bits per heavy atom. The molecule has 124 valence electrons. The highest BCUT2D eigenvalue weighted by atomic mass is 16.6. The van der Waals surface area contributed by atoms with E-state index >= 15 is 0 Å². The van der Waals surface area contributed by atoms with Crippen molar-refractivity contribution in [1.82, 2.24) is 10.2 Å². The number of nitrogens with zero attached hydrogens (tertiary/aromatic N) is 2. The number of nitro groups is 1. The van der Waals surface area contributed by atoms with Crippen LogP contribution in [0.2, 0.25) is 0 Å². The van der Waals surface area contributed by atoms with Gasteiger partial charge < -0.3 is 10.1 Å². The molecular weight excluding hydrogens is 298 g/mol. The van der Waals surface area contributed by atoms with E-state index in [9.17, 15) is 14.9 Å². The Morgan fingerprint density at radius 3 is 3.04 bits per heavy atom. The standard InChI is InChI=1S/C16H21N3O4/c20-16(17-9-15-2-1-7-23-15)11-18-6-5-12-3-4-14(19(21)22)8-13(12)10-18/h3-4,8,15H,1-2,5-7,9-11H2,(H,17,20). The molecule has 1 saturated heterocycles. The molecule has 0 aliphatic carbocycles. The first kappa shape index (κ1) is 15.9. The van der Waals surface area contributed by atoms with Crippen molar-refractivity contribution in [2.45, 2.75) is 31.9 Å². The number of hydrogen-bond acceptors (Lipinski definition) is 5. The average Bonchev–Trinajstić information content (AvgIpc) is 3.05. The smallest absolute Gasteiger partial charge is 0.269 e. The molecule has 0 radical (unpaired) electrons. The van der Waals surface area contributed by atoms with Crippen molar-refractivity contribution in [3.8, 4) is 0 Å². The van der Waals surface area contributed by atoms with Gasteiger partial charge in [0.1, 0.15) is 0 Å². The lowest BCUT2D eigenvalue weighted by molar-refractivity contribution is -0.385. The van der Waals surface area contributed by atoms with Crippen LogP contribution >= 0.6 is 0 Å². The molecule has 1 unspecified atom stereocenters. The van der Waals surface area contributed by atoms with Crippen LogP contribution in [-0.2, 0) is 22.5 Å². The maximum atomic E-state index is 12.0. The molecule has 0 saturated carbocycles. The van der Waals surface area contributed by atoms with E-state index < -0.39 is 0 Å². The third-order valence-electron chi connectivity index (χ3n) is 4.41. The zero-order valence-electron chi connectivity index (χ0n) is 13.0. The van der Waals surface area contributed by atoms with Crippen LogP contribution in [0, 0.1) is 10.1 Å². The lowest BCUT2D eigenvalue weighted by Gasteiger charge is -2.28. The normalized spacial score (nSPS) is 21.0. The predicted octanol–water partition coefficient (Wildman–Crippen LogP) is 1.25. The summed E-state index contributed by atoms with van der Waals surface area (Å²) in [4.78, 5) is 24.6. The van der Waals surface area contributed by atoms with Gasteiger partial charge in [-0.25, -0.2) is 0 Å². The molecule has 23 heavy (non-hydrogen) atoms. The fourth-order valence-corrected chi connectivity index (χ4v) is 3.14. The molecule has 2 aliphatic heterocycles. The van der Waals surface area contributed by atoms with Gasteiger partial charge in [0.2, 0.25) is 5.91 Å². The highest BCUT2D eigenvalue weighted by Crippen LogP contribution is 2.23. The van der Waals surface area contributed by atoms with Crippen LogP contribution in [0.5, 0.6) is 0 Å². The number of nitrogens with one attached hydrogen (secondary N) is 1. The number of rotatable bonds is 5. The minimum atomic E-state index is -0.381. The zero-order chi connectivity index (χ0) is 16.2. The lowest BCUT2D eigenvalue weighted by atomic mass is 9.99. The number of non-ortho nitro benzene ring substituents is 1. The summed E-state index contributed by atoms with van der Waals surface area (Å²) in [5.74, 6) is -0.0191. The fourth-order valence-electron chi connectivity index (χ4n) is 3.14. The van der Waals surface area contributed by atoms with Gasteiger partial charge in [-0.05, 0) is 30.4 Å². The molecule has 0 aromatic heterocycles. The Hall–Kier alpha value is -1.99. The molecule has 1 amide bonds. The van der Waals surface area contributed by atoms with Gasteiger partial charge in [0.25, 0.3) is 5.69 Å². The Balaban J connectivity index is 1.53. The van der Waals surface area contributed by atoms with Crippen molar-refractivity contribution in [3.05, 3.63) is 39.4 Å². The van der Waals surface area contributed by atoms with E-state index in [-0.39, 0.29) is 22.6 Å². The van der Waals surface area contributed by atoms with E-state index in [0.29, 0.717) is 19.6 Å². The third-order valence-corrected chi connectivity index (χ3v) is 4.41. The first-order valence-corrected chi connectivity index (χ1v) is 7.98. The second-order valence-corrected chi connectivity index (χ2v) is 6.11. The molecule has 1 fully saturated rings. The number of carbonyl (C=O) groups excluding carboxylic acids is 1. The van der Waals surface area contributed by atoms with E-state index in [2.05, 4.69) is 5.32 Å². The number of carbonyl (C=O) groups is 1. The first-order chi connectivity index (χ1) is 11.1. The summed E-state index contributed by atoms with van der Waals surface area (Å²) in [5, 5.41) is 13.8. The van der Waals surface area contributed by atoms with Gasteiger partial charge in [0.15, 0.2) is 0 Å². The molecule has 1 atom stereocenters. The topological polar surface area (TPSA) is 84.7 Å². The first-order valence-electron chi connectivity index (χ1n) is 7.98. The van der Waals surface area contributed by atoms with Gasteiger partial charge in [-0.2, -0.15) is 0 Å².